The molecular weight excluding hydrogens is 360 g/mol. The molecular formula is C24H20N4O. The van der Waals surface area contributed by atoms with Crippen LogP contribution in [-0.2, 0) is 7.05 Å². The van der Waals surface area contributed by atoms with Crippen molar-refractivity contribution in [3.63, 3.8) is 0 Å². The van der Waals surface area contributed by atoms with Gasteiger partial charge < -0.3 is 4.98 Å². The zero-order chi connectivity index (χ0) is 20.0. The van der Waals surface area contributed by atoms with Crippen molar-refractivity contribution in [2.24, 2.45) is 7.05 Å². The Morgan fingerprint density at radius 3 is 2.48 bits per heavy atom. The number of hydrogen-bond donors (Lipinski definition) is 1. The summed E-state index contributed by atoms with van der Waals surface area (Å²) in [6.07, 6.45) is 1.84. The number of aryl methyl sites for hydroxylation is 2. The van der Waals surface area contributed by atoms with E-state index in [0.717, 1.165) is 39.4 Å². The lowest BCUT2D eigenvalue weighted by Crippen LogP contribution is -2.20. The topological polar surface area (TPSA) is 55.6 Å². The van der Waals surface area contributed by atoms with Crippen LogP contribution in [0.25, 0.3) is 39.4 Å². The van der Waals surface area contributed by atoms with Crippen LogP contribution < -0.4 is 5.69 Å². The minimum Gasteiger partial charge on any atom is -0.338 e. The van der Waals surface area contributed by atoms with Gasteiger partial charge in [-0.25, -0.2) is 9.78 Å². The van der Waals surface area contributed by atoms with Gasteiger partial charge in [-0.1, -0.05) is 48.0 Å². The zero-order valence-corrected chi connectivity index (χ0v) is 16.3. The Balaban J connectivity index is 1.62. The van der Waals surface area contributed by atoms with Crippen LogP contribution in [-0.4, -0.2) is 19.1 Å². The summed E-state index contributed by atoms with van der Waals surface area (Å²) in [6.45, 7) is 2.07. The summed E-state index contributed by atoms with van der Waals surface area (Å²) >= 11 is 0. The standard InChI is InChI=1S/C24H20N4O/c1-16-7-6-8-18(13-16)23-25-15-20(26-23)17-11-12-21-22(14-17)27(2)24(29)28(21)19-9-4-3-5-10-19/h3-15H,1-2H3,(H,25,26). The average Bonchev–Trinajstić information content (AvgIpc) is 3.33. The van der Waals surface area contributed by atoms with Crippen LogP contribution in [0.1, 0.15) is 5.56 Å². The van der Waals surface area contributed by atoms with Crippen molar-refractivity contribution >= 4 is 11.0 Å². The van der Waals surface area contributed by atoms with Gasteiger partial charge in [0.15, 0.2) is 0 Å². The van der Waals surface area contributed by atoms with Crippen molar-refractivity contribution in [1.29, 1.82) is 0 Å². The first-order valence-corrected chi connectivity index (χ1v) is 9.51. The zero-order valence-electron chi connectivity index (χ0n) is 16.3. The normalized spacial score (nSPS) is 11.2. The summed E-state index contributed by atoms with van der Waals surface area (Å²) in [7, 11) is 1.80. The van der Waals surface area contributed by atoms with E-state index in [1.165, 1.54) is 5.56 Å². The molecule has 0 fully saturated rings. The van der Waals surface area contributed by atoms with Gasteiger partial charge >= 0.3 is 5.69 Å². The Hall–Kier alpha value is -3.86. The van der Waals surface area contributed by atoms with Gasteiger partial charge in [-0.2, -0.15) is 0 Å². The SMILES string of the molecule is Cc1cccc(-c2ncc(-c3ccc4c(c3)n(C)c(=O)n4-c3ccccc3)[nH]2)c1. The molecule has 0 aliphatic carbocycles. The maximum Gasteiger partial charge on any atom is 0.333 e. The predicted molar refractivity (Wildman–Crippen MR) is 116 cm³/mol. The molecule has 5 rings (SSSR count). The molecule has 0 amide bonds. The predicted octanol–water partition coefficient (Wildman–Crippen LogP) is 4.69. The van der Waals surface area contributed by atoms with Gasteiger partial charge in [-0.15, -0.1) is 0 Å². The third-order valence-electron chi connectivity index (χ3n) is 5.25. The number of H-pyrrole nitrogens is 1. The van der Waals surface area contributed by atoms with E-state index in [-0.39, 0.29) is 5.69 Å². The minimum absolute atomic E-state index is 0.0617. The second kappa shape index (κ2) is 6.63. The molecule has 0 unspecified atom stereocenters. The first-order valence-electron chi connectivity index (χ1n) is 9.51. The Kier molecular flexibility index (Phi) is 3.95. The number of nitrogens with zero attached hydrogens (tertiary/aromatic N) is 3. The average molecular weight is 380 g/mol. The Labute approximate surface area is 167 Å². The molecule has 5 aromatic rings. The van der Waals surface area contributed by atoms with Gasteiger partial charge in [0, 0.05) is 18.2 Å². The van der Waals surface area contributed by atoms with E-state index in [4.69, 9.17) is 0 Å². The number of aromatic nitrogens is 4. The fraction of sp³-hybridized carbons (Fsp3) is 0.0833. The molecule has 0 radical (unpaired) electrons. The van der Waals surface area contributed by atoms with Crippen LogP contribution in [0.15, 0.2) is 83.8 Å². The number of aromatic amines is 1. The van der Waals surface area contributed by atoms with Gasteiger partial charge in [0.2, 0.25) is 0 Å². The van der Waals surface area contributed by atoms with Crippen LogP contribution in [0.2, 0.25) is 0 Å². The summed E-state index contributed by atoms with van der Waals surface area (Å²) < 4.78 is 3.42. The number of benzene rings is 3. The smallest absolute Gasteiger partial charge is 0.333 e. The van der Waals surface area contributed by atoms with Crippen molar-refractivity contribution in [3.8, 4) is 28.3 Å². The van der Waals surface area contributed by atoms with Crippen LogP contribution in [0.4, 0.5) is 0 Å². The van der Waals surface area contributed by atoms with E-state index in [9.17, 15) is 4.79 Å². The van der Waals surface area contributed by atoms with Crippen LogP contribution in [0, 0.1) is 6.92 Å². The molecule has 142 valence electrons. The Morgan fingerprint density at radius 2 is 1.69 bits per heavy atom. The number of imidazole rings is 2. The van der Waals surface area contributed by atoms with E-state index < -0.39 is 0 Å². The van der Waals surface area contributed by atoms with Crippen LogP contribution in [0.5, 0.6) is 0 Å². The second-order valence-corrected chi connectivity index (χ2v) is 7.23. The third-order valence-corrected chi connectivity index (χ3v) is 5.25. The Bertz CT molecular complexity index is 1390. The number of rotatable bonds is 3. The largest absolute Gasteiger partial charge is 0.338 e. The van der Waals surface area contributed by atoms with Crippen LogP contribution >= 0.6 is 0 Å². The highest BCUT2D eigenvalue weighted by Gasteiger charge is 2.14. The fourth-order valence-electron chi connectivity index (χ4n) is 3.74. The molecule has 5 nitrogen and oxygen atoms in total. The van der Waals surface area contributed by atoms with Gasteiger partial charge in [0.05, 0.1) is 28.6 Å². The first-order chi connectivity index (χ1) is 14.1. The number of fused-ring (bicyclic) bond motifs is 1. The Morgan fingerprint density at radius 1 is 0.862 bits per heavy atom. The highest BCUT2D eigenvalue weighted by molar-refractivity contribution is 5.83. The summed E-state index contributed by atoms with van der Waals surface area (Å²) in [6, 6.07) is 24.0. The van der Waals surface area contributed by atoms with Gasteiger partial charge in [0.1, 0.15) is 5.82 Å². The first kappa shape index (κ1) is 17.3. The molecule has 1 N–H and O–H groups in total. The molecule has 3 aromatic carbocycles. The highest BCUT2D eigenvalue weighted by Crippen LogP contribution is 2.26. The van der Waals surface area contributed by atoms with Crippen molar-refractivity contribution in [1.82, 2.24) is 19.1 Å². The monoisotopic (exact) mass is 380 g/mol. The van der Waals surface area contributed by atoms with E-state index in [0.29, 0.717) is 0 Å². The second-order valence-electron chi connectivity index (χ2n) is 7.23. The fourth-order valence-corrected chi connectivity index (χ4v) is 3.74. The maximum atomic E-state index is 12.9. The lowest BCUT2D eigenvalue weighted by atomic mass is 10.1. The molecule has 0 aliphatic rings. The highest BCUT2D eigenvalue weighted by atomic mass is 16.1. The van der Waals surface area contributed by atoms with Crippen molar-refractivity contribution in [2.75, 3.05) is 0 Å². The van der Waals surface area contributed by atoms with Crippen molar-refractivity contribution in [3.05, 3.63) is 95.0 Å². The van der Waals surface area contributed by atoms with Gasteiger partial charge in [-0.3, -0.25) is 9.13 Å². The molecule has 2 aromatic heterocycles. The van der Waals surface area contributed by atoms with E-state index in [2.05, 4.69) is 29.0 Å². The van der Waals surface area contributed by atoms with Crippen molar-refractivity contribution < 1.29 is 0 Å². The molecule has 29 heavy (non-hydrogen) atoms. The minimum atomic E-state index is -0.0617. The molecule has 0 aliphatic heterocycles. The number of para-hydroxylation sites is 1. The quantitative estimate of drug-likeness (QED) is 0.493. The van der Waals surface area contributed by atoms with Gasteiger partial charge in [0.25, 0.3) is 0 Å². The molecule has 2 heterocycles. The third kappa shape index (κ3) is 2.88. The lowest BCUT2D eigenvalue weighted by molar-refractivity contribution is 0.846. The molecule has 5 heteroatoms. The van der Waals surface area contributed by atoms with Crippen molar-refractivity contribution in [2.45, 2.75) is 6.92 Å². The number of nitrogens with one attached hydrogen (secondary N) is 1. The molecule has 0 atom stereocenters. The van der Waals surface area contributed by atoms with Crippen LogP contribution in [0.3, 0.4) is 0 Å². The lowest BCUT2D eigenvalue weighted by Gasteiger charge is -2.04. The molecule has 0 bridgehead atoms. The summed E-state index contributed by atoms with van der Waals surface area (Å²) in [5.74, 6) is 0.833. The molecule has 0 spiro atoms. The summed E-state index contributed by atoms with van der Waals surface area (Å²) in [4.78, 5) is 20.8. The van der Waals surface area contributed by atoms with E-state index in [1.807, 2.05) is 66.9 Å². The summed E-state index contributed by atoms with van der Waals surface area (Å²) in [5.41, 5.74) is 6.72. The summed E-state index contributed by atoms with van der Waals surface area (Å²) in [5, 5.41) is 0. The maximum absolute atomic E-state index is 12.9. The molecule has 0 saturated carbocycles. The molecule has 0 saturated heterocycles. The van der Waals surface area contributed by atoms with E-state index >= 15 is 0 Å². The number of hydrogen-bond acceptors (Lipinski definition) is 2. The van der Waals surface area contributed by atoms with Gasteiger partial charge in [-0.05, 0) is 37.3 Å². The van der Waals surface area contributed by atoms with E-state index in [1.54, 1.807) is 16.2 Å².